The molecule has 13 heavy (non-hydrogen) atoms. The number of carbonyl (C=O) groups excluding carboxylic acids is 1. The van der Waals surface area contributed by atoms with Gasteiger partial charge in [-0.1, -0.05) is 6.92 Å². The van der Waals surface area contributed by atoms with E-state index < -0.39 is 12.2 Å². The molecule has 0 saturated heterocycles. The lowest BCUT2D eigenvalue weighted by Gasteiger charge is -2.40. The highest BCUT2D eigenvalue weighted by Gasteiger charge is 2.53. The number of fused-ring (bicyclic) bond motifs is 1. The standard InChI is InChI=1S/C10H16O3/c1-10-5-4-7(11)9(13)6(10)2-3-8(10)12/h6-7,9,11,13H,2-5H2,1H3. The van der Waals surface area contributed by atoms with E-state index in [4.69, 9.17) is 0 Å². The van der Waals surface area contributed by atoms with Gasteiger partial charge in [-0.3, -0.25) is 4.79 Å². The van der Waals surface area contributed by atoms with Crippen molar-refractivity contribution >= 4 is 5.78 Å². The molecule has 2 fully saturated rings. The molecule has 2 aliphatic rings. The summed E-state index contributed by atoms with van der Waals surface area (Å²) in [5.74, 6) is 0.257. The van der Waals surface area contributed by atoms with Crippen LogP contribution in [0.1, 0.15) is 32.6 Å². The Morgan fingerprint density at radius 2 is 2.08 bits per heavy atom. The zero-order valence-corrected chi connectivity index (χ0v) is 7.86. The fourth-order valence-corrected chi connectivity index (χ4v) is 2.86. The van der Waals surface area contributed by atoms with E-state index in [1.165, 1.54) is 0 Å². The molecule has 3 heteroatoms. The lowest BCUT2D eigenvalue weighted by molar-refractivity contribution is -0.136. The second-order valence-electron chi connectivity index (χ2n) is 4.58. The Morgan fingerprint density at radius 1 is 1.38 bits per heavy atom. The smallest absolute Gasteiger partial charge is 0.139 e. The molecular weight excluding hydrogens is 168 g/mol. The van der Waals surface area contributed by atoms with Crippen LogP contribution < -0.4 is 0 Å². The maximum Gasteiger partial charge on any atom is 0.139 e. The number of hydrogen-bond donors (Lipinski definition) is 2. The molecule has 0 heterocycles. The normalized spacial score (nSPS) is 50.7. The van der Waals surface area contributed by atoms with E-state index in [-0.39, 0.29) is 17.1 Å². The first kappa shape index (κ1) is 9.16. The van der Waals surface area contributed by atoms with Gasteiger partial charge in [0.05, 0.1) is 12.2 Å². The predicted octanol–water partition coefficient (Wildman–Crippen LogP) is 0.487. The number of Topliss-reactive ketones (excluding diaryl/α,β-unsaturated/α-hetero) is 1. The van der Waals surface area contributed by atoms with E-state index in [9.17, 15) is 15.0 Å². The first-order valence-electron chi connectivity index (χ1n) is 4.95. The highest BCUT2D eigenvalue weighted by atomic mass is 16.3. The molecule has 3 nitrogen and oxygen atoms in total. The van der Waals surface area contributed by atoms with Gasteiger partial charge in [-0.25, -0.2) is 0 Å². The van der Waals surface area contributed by atoms with Crippen LogP contribution in [0.5, 0.6) is 0 Å². The monoisotopic (exact) mass is 184 g/mol. The zero-order valence-electron chi connectivity index (χ0n) is 7.86. The molecule has 0 radical (unpaired) electrons. The predicted molar refractivity (Wildman–Crippen MR) is 47.1 cm³/mol. The van der Waals surface area contributed by atoms with Gasteiger partial charge < -0.3 is 10.2 Å². The topological polar surface area (TPSA) is 57.5 Å². The van der Waals surface area contributed by atoms with Crippen molar-refractivity contribution in [1.82, 2.24) is 0 Å². The van der Waals surface area contributed by atoms with Gasteiger partial charge in [-0.05, 0) is 19.3 Å². The van der Waals surface area contributed by atoms with Gasteiger partial charge in [0, 0.05) is 17.8 Å². The van der Waals surface area contributed by atoms with E-state index in [1.54, 1.807) is 0 Å². The second kappa shape index (κ2) is 2.79. The molecule has 0 aliphatic heterocycles. The molecule has 4 atom stereocenters. The van der Waals surface area contributed by atoms with Gasteiger partial charge in [0.2, 0.25) is 0 Å². The summed E-state index contributed by atoms with van der Waals surface area (Å²) in [7, 11) is 0. The largest absolute Gasteiger partial charge is 0.390 e. The summed E-state index contributed by atoms with van der Waals surface area (Å²) in [6.45, 7) is 1.93. The van der Waals surface area contributed by atoms with Gasteiger partial charge in [0.1, 0.15) is 5.78 Å². The lowest BCUT2D eigenvalue weighted by atomic mass is 9.67. The van der Waals surface area contributed by atoms with Crippen LogP contribution in [0.2, 0.25) is 0 Å². The first-order valence-corrected chi connectivity index (χ1v) is 4.95. The van der Waals surface area contributed by atoms with Crippen molar-refractivity contribution in [1.29, 1.82) is 0 Å². The summed E-state index contributed by atoms with van der Waals surface area (Å²) in [6.07, 6.45) is 1.29. The highest BCUT2D eigenvalue weighted by molar-refractivity contribution is 5.87. The van der Waals surface area contributed by atoms with Gasteiger partial charge >= 0.3 is 0 Å². The Balaban J connectivity index is 2.26. The summed E-state index contributed by atoms with van der Waals surface area (Å²) < 4.78 is 0. The quantitative estimate of drug-likeness (QED) is 0.576. The van der Waals surface area contributed by atoms with Crippen molar-refractivity contribution in [2.45, 2.75) is 44.8 Å². The number of aliphatic hydroxyl groups is 2. The molecule has 2 rings (SSSR count). The van der Waals surface area contributed by atoms with Gasteiger partial charge in [-0.15, -0.1) is 0 Å². The van der Waals surface area contributed by atoms with Crippen molar-refractivity contribution in [3.8, 4) is 0 Å². The zero-order chi connectivity index (χ0) is 9.64. The van der Waals surface area contributed by atoms with E-state index >= 15 is 0 Å². The summed E-state index contributed by atoms with van der Waals surface area (Å²) in [5.41, 5.74) is -0.349. The molecule has 2 aliphatic carbocycles. The second-order valence-corrected chi connectivity index (χ2v) is 4.58. The van der Waals surface area contributed by atoms with Gasteiger partial charge in [0.25, 0.3) is 0 Å². The third kappa shape index (κ3) is 1.14. The van der Waals surface area contributed by atoms with Crippen LogP contribution in [-0.2, 0) is 4.79 Å². The Morgan fingerprint density at radius 3 is 2.77 bits per heavy atom. The fourth-order valence-electron chi connectivity index (χ4n) is 2.86. The summed E-state index contributed by atoms with van der Waals surface area (Å²) in [4.78, 5) is 11.6. The minimum atomic E-state index is -0.690. The van der Waals surface area contributed by atoms with Gasteiger partial charge in [-0.2, -0.15) is 0 Å². The van der Waals surface area contributed by atoms with Crippen molar-refractivity contribution in [3.63, 3.8) is 0 Å². The Kier molecular flexibility index (Phi) is 1.96. The molecule has 0 aromatic rings. The molecule has 74 valence electrons. The molecular formula is C10H16O3. The van der Waals surface area contributed by atoms with Crippen LogP contribution in [0.4, 0.5) is 0 Å². The third-order valence-corrected chi connectivity index (χ3v) is 3.90. The maximum absolute atomic E-state index is 11.6. The van der Waals surface area contributed by atoms with Crippen LogP contribution in [0.15, 0.2) is 0 Å². The average molecular weight is 184 g/mol. The lowest BCUT2D eigenvalue weighted by Crippen LogP contribution is -2.47. The summed E-state index contributed by atoms with van der Waals surface area (Å²) in [5, 5.41) is 19.2. The number of hydrogen-bond acceptors (Lipinski definition) is 3. The Hall–Kier alpha value is -0.410. The van der Waals surface area contributed by atoms with Crippen LogP contribution >= 0.6 is 0 Å². The fraction of sp³-hybridized carbons (Fsp3) is 0.900. The van der Waals surface area contributed by atoms with E-state index in [0.717, 1.165) is 12.8 Å². The van der Waals surface area contributed by atoms with Crippen molar-refractivity contribution in [2.75, 3.05) is 0 Å². The van der Waals surface area contributed by atoms with Gasteiger partial charge in [0.15, 0.2) is 0 Å². The van der Waals surface area contributed by atoms with Crippen LogP contribution in [0.3, 0.4) is 0 Å². The van der Waals surface area contributed by atoms with Crippen molar-refractivity contribution < 1.29 is 15.0 Å². The highest BCUT2D eigenvalue weighted by Crippen LogP contribution is 2.49. The molecule has 0 amide bonds. The SMILES string of the molecule is CC12CCC(O)C(O)C1CCC2=O. The van der Waals surface area contributed by atoms with Crippen LogP contribution in [0, 0.1) is 11.3 Å². The molecule has 4 unspecified atom stereocenters. The molecule has 0 spiro atoms. The van der Waals surface area contributed by atoms with Crippen molar-refractivity contribution in [2.24, 2.45) is 11.3 Å². The van der Waals surface area contributed by atoms with Crippen molar-refractivity contribution in [3.05, 3.63) is 0 Å². The summed E-state index contributed by atoms with van der Waals surface area (Å²) >= 11 is 0. The number of aliphatic hydroxyl groups excluding tert-OH is 2. The first-order chi connectivity index (χ1) is 6.05. The van der Waals surface area contributed by atoms with Crippen LogP contribution in [-0.4, -0.2) is 28.2 Å². The van der Waals surface area contributed by atoms with Crippen LogP contribution in [0.25, 0.3) is 0 Å². The Labute approximate surface area is 77.8 Å². The maximum atomic E-state index is 11.6. The number of ketones is 1. The molecule has 0 bridgehead atoms. The number of carbonyl (C=O) groups is 1. The average Bonchev–Trinajstić information content (AvgIpc) is 2.39. The Bertz CT molecular complexity index is 238. The number of rotatable bonds is 0. The minimum Gasteiger partial charge on any atom is -0.390 e. The minimum absolute atomic E-state index is 0.0104. The van der Waals surface area contributed by atoms with E-state index in [0.29, 0.717) is 12.8 Å². The molecule has 2 saturated carbocycles. The molecule has 0 aromatic heterocycles. The molecule has 2 N–H and O–H groups in total. The van der Waals surface area contributed by atoms with E-state index in [1.807, 2.05) is 6.92 Å². The molecule has 0 aromatic carbocycles. The van der Waals surface area contributed by atoms with E-state index in [2.05, 4.69) is 0 Å². The third-order valence-electron chi connectivity index (χ3n) is 3.90. The summed E-state index contributed by atoms with van der Waals surface area (Å²) in [6, 6.07) is 0.